The van der Waals surface area contributed by atoms with E-state index in [1.54, 1.807) is 57.4 Å². The summed E-state index contributed by atoms with van der Waals surface area (Å²) in [7, 11) is -0.576. The standard InChI is InChI=1S/C21H26ClNO4S/c1-21(2,20(22)24)19(14-16-10-12-18(27-4)13-11-16)23(3)28(25,26)15-17-8-6-5-7-9-17/h5-13,19H,14-15H2,1-4H3. The number of carbonyl (C=O) groups is 1. The first-order valence-corrected chi connectivity index (χ1v) is 10.9. The summed E-state index contributed by atoms with van der Waals surface area (Å²) in [5.74, 6) is 0.564. The van der Waals surface area contributed by atoms with Crippen molar-refractivity contribution >= 4 is 26.9 Å². The quantitative estimate of drug-likeness (QED) is 0.574. The topological polar surface area (TPSA) is 63.7 Å². The number of likely N-dealkylation sites (N-methyl/N-ethyl adjacent to an activating group) is 1. The van der Waals surface area contributed by atoms with Gasteiger partial charge >= 0.3 is 0 Å². The fraction of sp³-hybridized carbons (Fsp3) is 0.381. The predicted octanol–water partition coefficient (Wildman–Crippen LogP) is 3.86. The van der Waals surface area contributed by atoms with Crippen molar-refractivity contribution in [1.82, 2.24) is 4.31 Å². The molecule has 0 N–H and O–H groups in total. The van der Waals surface area contributed by atoms with E-state index < -0.39 is 26.7 Å². The molecule has 7 heteroatoms. The number of ether oxygens (including phenoxy) is 1. The van der Waals surface area contributed by atoms with Gasteiger partial charge in [-0.2, -0.15) is 0 Å². The summed E-state index contributed by atoms with van der Waals surface area (Å²) in [6.45, 7) is 3.34. The van der Waals surface area contributed by atoms with Crippen molar-refractivity contribution in [3.8, 4) is 5.75 Å². The van der Waals surface area contributed by atoms with Crippen LogP contribution in [0.5, 0.6) is 5.75 Å². The van der Waals surface area contributed by atoms with E-state index in [9.17, 15) is 13.2 Å². The van der Waals surface area contributed by atoms with Gasteiger partial charge in [0, 0.05) is 13.1 Å². The Balaban J connectivity index is 2.35. The highest BCUT2D eigenvalue weighted by Gasteiger charge is 2.42. The fourth-order valence-electron chi connectivity index (χ4n) is 3.03. The van der Waals surface area contributed by atoms with Crippen LogP contribution in [0.2, 0.25) is 0 Å². The number of benzene rings is 2. The molecule has 2 rings (SSSR count). The van der Waals surface area contributed by atoms with Gasteiger partial charge in [-0.15, -0.1) is 0 Å². The van der Waals surface area contributed by atoms with Gasteiger partial charge in [-0.1, -0.05) is 56.3 Å². The monoisotopic (exact) mass is 423 g/mol. The summed E-state index contributed by atoms with van der Waals surface area (Å²) < 4.78 is 32.6. The Labute approximate surface area is 172 Å². The fourth-order valence-corrected chi connectivity index (χ4v) is 4.70. The molecule has 0 aliphatic carbocycles. The normalized spacial score (nSPS) is 13.4. The van der Waals surface area contributed by atoms with Crippen LogP contribution in [0.15, 0.2) is 54.6 Å². The minimum absolute atomic E-state index is 0.143. The lowest BCUT2D eigenvalue weighted by Gasteiger charge is -2.37. The summed E-state index contributed by atoms with van der Waals surface area (Å²) >= 11 is 5.85. The second-order valence-electron chi connectivity index (χ2n) is 7.32. The highest BCUT2D eigenvalue weighted by molar-refractivity contribution is 7.88. The summed E-state index contributed by atoms with van der Waals surface area (Å²) in [5, 5.41) is -0.576. The van der Waals surface area contributed by atoms with Gasteiger partial charge in [0.05, 0.1) is 18.3 Å². The molecule has 5 nitrogen and oxygen atoms in total. The summed E-state index contributed by atoms with van der Waals surface area (Å²) in [6, 6.07) is 15.7. The molecule has 0 amide bonds. The maximum absolute atomic E-state index is 13.1. The van der Waals surface area contributed by atoms with Crippen LogP contribution >= 0.6 is 11.6 Å². The molecule has 1 unspecified atom stereocenters. The van der Waals surface area contributed by atoms with E-state index in [2.05, 4.69) is 0 Å². The Hall–Kier alpha value is -1.89. The minimum Gasteiger partial charge on any atom is -0.497 e. The molecule has 1 atom stereocenters. The molecule has 0 saturated carbocycles. The average Bonchev–Trinajstić information content (AvgIpc) is 2.66. The van der Waals surface area contributed by atoms with E-state index in [0.29, 0.717) is 17.7 Å². The Bertz CT molecular complexity index is 896. The van der Waals surface area contributed by atoms with E-state index >= 15 is 0 Å². The van der Waals surface area contributed by atoms with Gasteiger partial charge in [0.2, 0.25) is 15.3 Å². The van der Waals surface area contributed by atoms with Crippen LogP contribution in [-0.2, 0) is 27.0 Å². The van der Waals surface area contributed by atoms with Crippen LogP contribution in [0.25, 0.3) is 0 Å². The van der Waals surface area contributed by atoms with Crippen LogP contribution in [0.3, 0.4) is 0 Å². The molecule has 0 bridgehead atoms. The third-order valence-electron chi connectivity index (χ3n) is 5.00. The Morgan fingerprint density at radius 3 is 2.14 bits per heavy atom. The number of rotatable bonds is 9. The van der Waals surface area contributed by atoms with Gasteiger partial charge in [-0.05, 0) is 41.3 Å². The first kappa shape index (κ1) is 22.4. The van der Waals surface area contributed by atoms with Gasteiger partial charge in [0.15, 0.2) is 0 Å². The Morgan fingerprint density at radius 2 is 1.64 bits per heavy atom. The van der Waals surface area contributed by atoms with Crippen LogP contribution in [0.1, 0.15) is 25.0 Å². The first-order chi connectivity index (χ1) is 13.1. The van der Waals surface area contributed by atoms with Crippen molar-refractivity contribution in [2.75, 3.05) is 14.2 Å². The number of sulfonamides is 1. The molecule has 2 aromatic carbocycles. The lowest BCUT2D eigenvalue weighted by molar-refractivity contribution is -0.121. The maximum Gasteiger partial charge on any atom is 0.228 e. The molecule has 0 aromatic heterocycles. The van der Waals surface area contributed by atoms with Crippen molar-refractivity contribution in [3.63, 3.8) is 0 Å². The second-order valence-corrected chi connectivity index (χ2v) is 9.69. The molecule has 0 fully saturated rings. The first-order valence-electron chi connectivity index (χ1n) is 8.90. The Kier molecular flexibility index (Phi) is 7.26. The average molecular weight is 424 g/mol. The number of carbonyl (C=O) groups excluding carboxylic acids is 1. The third kappa shape index (κ3) is 5.34. The summed E-state index contributed by atoms with van der Waals surface area (Å²) in [5.41, 5.74) is 0.506. The zero-order chi connectivity index (χ0) is 20.9. The lowest BCUT2D eigenvalue weighted by Crippen LogP contribution is -2.50. The highest BCUT2D eigenvalue weighted by atomic mass is 35.5. The zero-order valence-electron chi connectivity index (χ0n) is 16.6. The third-order valence-corrected chi connectivity index (χ3v) is 7.31. The molecule has 28 heavy (non-hydrogen) atoms. The van der Waals surface area contributed by atoms with E-state index in [1.165, 1.54) is 11.4 Å². The van der Waals surface area contributed by atoms with E-state index in [0.717, 1.165) is 5.56 Å². The molecular formula is C21H26ClNO4S. The smallest absolute Gasteiger partial charge is 0.228 e. The number of hydrogen-bond donors (Lipinski definition) is 0. The van der Waals surface area contributed by atoms with Crippen molar-refractivity contribution in [3.05, 3.63) is 65.7 Å². The predicted molar refractivity (Wildman–Crippen MR) is 112 cm³/mol. The van der Waals surface area contributed by atoms with Gasteiger partial charge in [-0.3, -0.25) is 4.79 Å². The summed E-state index contributed by atoms with van der Waals surface area (Å²) in [4.78, 5) is 12.1. The lowest BCUT2D eigenvalue weighted by atomic mass is 9.82. The number of methoxy groups -OCH3 is 1. The van der Waals surface area contributed by atoms with E-state index in [-0.39, 0.29) is 5.75 Å². The van der Waals surface area contributed by atoms with Gasteiger partial charge in [-0.25, -0.2) is 12.7 Å². The van der Waals surface area contributed by atoms with Gasteiger partial charge in [0.25, 0.3) is 0 Å². The van der Waals surface area contributed by atoms with Crippen LogP contribution in [-0.4, -0.2) is 38.2 Å². The molecule has 0 saturated heterocycles. The van der Waals surface area contributed by atoms with Gasteiger partial charge in [0.1, 0.15) is 5.75 Å². The van der Waals surface area contributed by atoms with Crippen molar-refractivity contribution < 1.29 is 17.9 Å². The summed E-state index contributed by atoms with van der Waals surface area (Å²) in [6.07, 6.45) is 0.347. The minimum atomic E-state index is -3.66. The highest BCUT2D eigenvalue weighted by Crippen LogP contribution is 2.32. The molecule has 0 aliphatic rings. The molecule has 152 valence electrons. The van der Waals surface area contributed by atoms with Crippen molar-refractivity contribution in [2.24, 2.45) is 5.41 Å². The van der Waals surface area contributed by atoms with Gasteiger partial charge < -0.3 is 4.74 Å². The number of halogens is 1. The van der Waals surface area contributed by atoms with Crippen LogP contribution < -0.4 is 4.74 Å². The largest absolute Gasteiger partial charge is 0.497 e. The molecule has 0 radical (unpaired) electrons. The Morgan fingerprint density at radius 1 is 1.07 bits per heavy atom. The molecule has 0 heterocycles. The number of hydrogen-bond acceptors (Lipinski definition) is 4. The molecule has 0 spiro atoms. The second kappa shape index (κ2) is 9.07. The van der Waals surface area contributed by atoms with Crippen molar-refractivity contribution in [1.29, 1.82) is 0 Å². The van der Waals surface area contributed by atoms with Crippen LogP contribution in [0.4, 0.5) is 0 Å². The maximum atomic E-state index is 13.1. The van der Waals surface area contributed by atoms with Crippen molar-refractivity contribution in [2.45, 2.75) is 32.1 Å². The van der Waals surface area contributed by atoms with E-state index in [1.807, 2.05) is 18.2 Å². The SMILES string of the molecule is COc1ccc(CC(N(C)S(=O)(=O)Cc2ccccc2)C(C)(C)C(=O)Cl)cc1. The number of nitrogens with zero attached hydrogens (tertiary/aromatic N) is 1. The zero-order valence-corrected chi connectivity index (χ0v) is 18.1. The van der Waals surface area contributed by atoms with E-state index in [4.69, 9.17) is 16.3 Å². The molecule has 2 aromatic rings. The van der Waals surface area contributed by atoms with Crippen LogP contribution in [0, 0.1) is 5.41 Å². The molecular weight excluding hydrogens is 398 g/mol. The molecule has 0 aliphatic heterocycles.